The summed E-state index contributed by atoms with van der Waals surface area (Å²) in [5, 5.41) is 2.27. The van der Waals surface area contributed by atoms with Crippen molar-refractivity contribution < 1.29 is 9.53 Å². The van der Waals surface area contributed by atoms with Crippen LogP contribution in [0.5, 0.6) is 5.75 Å². The highest BCUT2D eigenvalue weighted by Crippen LogP contribution is 2.48. The van der Waals surface area contributed by atoms with Crippen molar-refractivity contribution in [3.63, 3.8) is 0 Å². The summed E-state index contributed by atoms with van der Waals surface area (Å²) < 4.78 is 5.60. The summed E-state index contributed by atoms with van der Waals surface area (Å²) in [4.78, 5) is 12.7. The van der Waals surface area contributed by atoms with E-state index in [-0.39, 0.29) is 0 Å². The van der Waals surface area contributed by atoms with Crippen molar-refractivity contribution >= 4 is 16.6 Å². The van der Waals surface area contributed by atoms with Gasteiger partial charge in [-0.05, 0) is 36.1 Å². The second-order valence-electron chi connectivity index (χ2n) is 5.72. The van der Waals surface area contributed by atoms with Crippen LogP contribution < -0.4 is 4.74 Å². The Kier molecular flexibility index (Phi) is 3.54. The number of ketones is 1. The molecule has 1 saturated carbocycles. The van der Waals surface area contributed by atoms with Gasteiger partial charge in [-0.25, -0.2) is 0 Å². The van der Waals surface area contributed by atoms with E-state index in [0.29, 0.717) is 18.6 Å². The molecule has 2 nitrogen and oxygen atoms in total. The highest BCUT2D eigenvalue weighted by atomic mass is 16.5. The van der Waals surface area contributed by atoms with Gasteiger partial charge >= 0.3 is 0 Å². The third-order valence-corrected chi connectivity index (χ3v) is 4.62. The summed E-state index contributed by atoms with van der Waals surface area (Å²) in [6.45, 7) is 3.87. The molecular weight excluding hydrogens is 260 g/mol. The fourth-order valence-corrected chi connectivity index (χ4v) is 3.67. The lowest BCUT2D eigenvalue weighted by atomic mass is 9.73. The minimum atomic E-state index is -0.464. The number of ether oxygens (including phenoxy) is 1. The van der Waals surface area contributed by atoms with Gasteiger partial charge < -0.3 is 4.74 Å². The average molecular weight is 280 g/mol. The molecule has 0 amide bonds. The first kappa shape index (κ1) is 13.9. The third-order valence-electron chi connectivity index (χ3n) is 4.62. The van der Waals surface area contributed by atoms with Crippen LogP contribution in [0.4, 0.5) is 0 Å². The molecule has 1 aliphatic rings. The van der Waals surface area contributed by atoms with Crippen molar-refractivity contribution in [1.29, 1.82) is 0 Å². The predicted molar refractivity (Wildman–Crippen MR) is 85.9 cm³/mol. The minimum Gasteiger partial charge on any atom is -0.496 e. The van der Waals surface area contributed by atoms with Crippen LogP contribution in [0, 0.1) is 0 Å². The van der Waals surface area contributed by atoms with Crippen LogP contribution in [0.1, 0.15) is 31.2 Å². The molecule has 0 bridgehead atoms. The molecular formula is C19H20O2. The Labute approximate surface area is 125 Å². The molecule has 0 spiro atoms. The number of methoxy groups -OCH3 is 1. The first-order valence-corrected chi connectivity index (χ1v) is 7.43. The number of hydrogen-bond donors (Lipinski definition) is 0. The van der Waals surface area contributed by atoms with Crippen LogP contribution >= 0.6 is 0 Å². The summed E-state index contributed by atoms with van der Waals surface area (Å²) >= 11 is 0. The molecule has 2 aromatic rings. The van der Waals surface area contributed by atoms with Crippen molar-refractivity contribution in [3.05, 3.63) is 54.6 Å². The number of benzene rings is 2. The van der Waals surface area contributed by atoms with E-state index in [9.17, 15) is 4.79 Å². The van der Waals surface area contributed by atoms with E-state index in [0.717, 1.165) is 34.9 Å². The monoisotopic (exact) mass is 280 g/mol. The lowest BCUT2D eigenvalue weighted by Gasteiger charge is -2.30. The van der Waals surface area contributed by atoms with Gasteiger partial charge in [-0.15, -0.1) is 6.58 Å². The van der Waals surface area contributed by atoms with Gasteiger partial charge in [-0.2, -0.15) is 0 Å². The molecule has 0 aromatic heterocycles. The standard InChI is InChI=1S/C19H20O2/c1-3-12-19(13-6-9-17(19)20)18-15-8-5-4-7-14(15)10-11-16(18)21-2/h3-5,7-8,10-11H,1,6,9,12-13H2,2H3/t19-/m0/s1. The largest absolute Gasteiger partial charge is 0.496 e. The lowest BCUT2D eigenvalue weighted by Crippen LogP contribution is -2.31. The van der Waals surface area contributed by atoms with Crippen LogP contribution in [-0.4, -0.2) is 12.9 Å². The Morgan fingerprint density at radius 3 is 2.76 bits per heavy atom. The lowest BCUT2D eigenvalue weighted by molar-refractivity contribution is -0.122. The molecule has 2 aromatic carbocycles. The van der Waals surface area contributed by atoms with E-state index in [1.165, 1.54) is 0 Å². The van der Waals surface area contributed by atoms with E-state index >= 15 is 0 Å². The Bertz CT molecular complexity index is 702. The second-order valence-corrected chi connectivity index (χ2v) is 5.72. The van der Waals surface area contributed by atoms with Crippen molar-refractivity contribution in [3.8, 4) is 5.75 Å². The van der Waals surface area contributed by atoms with Gasteiger partial charge in [0.2, 0.25) is 0 Å². The number of hydrogen-bond acceptors (Lipinski definition) is 2. The SMILES string of the molecule is C=CC[C@]1(c2c(OC)ccc3ccccc23)CCCC1=O. The van der Waals surface area contributed by atoms with Gasteiger partial charge in [-0.1, -0.05) is 36.4 Å². The van der Waals surface area contributed by atoms with Crippen LogP contribution in [0.15, 0.2) is 49.1 Å². The van der Waals surface area contributed by atoms with Gasteiger partial charge in [0.25, 0.3) is 0 Å². The molecule has 0 saturated heterocycles. The number of carbonyl (C=O) groups is 1. The van der Waals surface area contributed by atoms with E-state index < -0.39 is 5.41 Å². The summed E-state index contributed by atoms with van der Waals surface area (Å²) in [6, 6.07) is 12.2. The molecule has 3 rings (SSSR count). The van der Waals surface area contributed by atoms with E-state index in [2.05, 4.69) is 24.8 Å². The number of allylic oxidation sites excluding steroid dienone is 1. The van der Waals surface area contributed by atoms with Gasteiger partial charge in [-0.3, -0.25) is 4.79 Å². The normalized spacial score (nSPS) is 21.7. The fraction of sp³-hybridized carbons (Fsp3) is 0.316. The minimum absolute atomic E-state index is 0.317. The summed E-state index contributed by atoms with van der Waals surface area (Å²) in [5.74, 6) is 1.13. The van der Waals surface area contributed by atoms with Crippen LogP contribution in [0.3, 0.4) is 0 Å². The first-order valence-electron chi connectivity index (χ1n) is 7.43. The van der Waals surface area contributed by atoms with Gasteiger partial charge in [0.1, 0.15) is 11.5 Å². The Hall–Kier alpha value is -2.09. The highest BCUT2D eigenvalue weighted by molar-refractivity contribution is 5.99. The van der Waals surface area contributed by atoms with E-state index in [1.807, 2.05) is 24.3 Å². The molecule has 0 N–H and O–H groups in total. The van der Waals surface area contributed by atoms with Gasteiger partial charge in [0.15, 0.2) is 0 Å². The zero-order chi connectivity index (χ0) is 14.9. The zero-order valence-corrected chi connectivity index (χ0v) is 12.4. The molecule has 21 heavy (non-hydrogen) atoms. The topological polar surface area (TPSA) is 26.3 Å². The fourth-order valence-electron chi connectivity index (χ4n) is 3.67. The molecule has 1 atom stereocenters. The maximum atomic E-state index is 12.7. The molecule has 0 radical (unpaired) electrons. The average Bonchev–Trinajstić information content (AvgIpc) is 2.88. The third kappa shape index (κ3) is 2.06. The second kappa shape index (κ2) is 5.36. The molecule has 108 valence electrons. The summed E-state index contributed by atoms with van der Waals surface area (Å²) in [6.07, 6.45) is 5.02. The predicted octanol–water partition coefficient (Wildman–Crippen LogP) is 4.42. The van der Waals surface area contributed by atoms with Crippen molar-refractivity contribution in [2.75, 3.05) is 7.11 Å². The summed E-state index contributed by atoms with van der Waals surface area (Å²) in [5.41, 5.74) is 0.582. The van der Waals surface area contributed by atoms with Crippen molar-refractivity contribution in [2.45, 2.75) is 31.1 Å². The number of Topliss-reactive ketones (excluding diaryl/α,β-unsaturated/α-hetero) is 1. The van der Waals surface area contributed by atoms with E-state index in [4.69, 9.17) is 4.74 Å². The highest BCUT2D eigenvalue weighted by Gasteiger charge is 2.45. The summed E-state index contributed by atoms with van der Waals surface area (Å²) in [7, 11) is 1.68. The number of fused-ring (bicyclic) bond motifs is 1. The first-order chi connectivity index (χ1) is 10.2. The maximum absolute atomic E-state index is 12.7. The van der Waals surface area contributed by atoms with Crippen molar-refractivity contribution in [2.24, 2.45) is 0 Å². The molecule has 0 heterocycles. The Morgan fingerprint density at radius 2 is 2.10 bits per heavy atom. The van der Waals surface area contributed by atoms with Crippen LogP contribution in [0.2, 0.25) is 0 Å². The van der Waals surface area contributed by atoms with Crippen LogP contribution in [0.25, 0.3) is 10.8 Å². The van der Waals surface area contributed by atoms with Crippen molar-refractivity contribution in [1.82, 2.24) is 0 Å². The maximum Gasteiger partial charge on any atom is 0.143 e. The Morgan fingerprint density at radius 1 is 1.29 bits per heavy atom. The molecule has 1 fully saturated rings. The van der Waals surface area contributed by atoms with Gasteiger partial charge in [0.05, 0.1) is 12.5 Å². The molecule has 2 heteroatoms. The molecule has 0 aliphatic heterocycles. The van der Waals surface area contributed by atoms with Gasteiger partial charge in [0, 0.05) is 12.0 Å². The molecule has 0 unspecified atom stereocenters. The quantitative estimate of drug-likeness (QED) is 0.775. The zero-order valence-electron chi connectivity index (χ0n) is 12.4. The number of carbonyl (C=O) groups excluding carboxylic acids is 1. The van der Waals surface area contributed by atoms with E-state index in [1.54, 1.807) is 7.11 Å². The number of rotatable bonds is 4. The Balaban J connectivity index is 2.35. The molecule has 1 aliphatic carbocycles. The van der Waals surface area contributed by atoms with Crippen LogP contribution in [-0.2, 0) is 10.2 Å². The smallest absolute Gasteiger partial charge is 0.143 e.